The summed E-state index contributed by atoms with van der Waals surface area (Å²) < 4.78 is 5.19. The van der Waals surface area contributed by atoms with Gasteiger partial charge in [-0.15, -0.1) is 11.3 Å². The molecule has 0 fully saturated rings. The van der Waals surface area contributed by atoms with E-state index in [1.807, 2.05) is 37.3 Å². The predicted octanol–water partition coefficient (Wildman–Crippen LogP) is 4.94. The second kappa shape index (κ2) is 8.05. The van der Waals surface area contributed by atoms with Gasteiger partial charge in [-0.2, -0.15) is 0 Å². The summed E-state index contributed by atoms with van der Waals surface area (Å²) in [5, 5.41) is 5.58. The maximum atomic E-state index is 12.6. The van der Waals surface area contributed by atoms with Crippen LogP contribution in [0, 0.1) is 6.92 Å². The highest BCUT2D eigenvalue weighted by atomic mass is 32.1. The molecule has 1 aromatic heterocycles. The summed E-state index contributed by atoms with van der Waals surface area (Å²) in [7, 11) is 1.63. The molecule has 0 bridgehead atoms. The van der Waals surface area contributed by atoms with E-state index in [-0.39, 0.29) is 11.8 Å². The monoisotopic (exact) mass is 380 g/mol. The van der Waals surface area contributed by atoms with Gasteiger partial charge in [0.2, 0.25) is 5.91 Å². The molecule has 0 spiro atoms. The Morgan fingerprint density at radius 2 is 1.52 bits per heavy atom. The number of ether oxygens (including phenoxy) is 1. The van der Waals surface area contributed by atoms with Crippen LogP contribution >= 0.6 is 11.3 Å². The van der Waals surface area contributed by atoms with Gasteiger partial charge in [0.05, 0.1) is 12.0 Å². The van der Waals surface area contributed by atoms with Crippen molar-refractivity contribution in [3.8, 4) is 16.9 Å². The van der Waals surface area contributed by atoms with E-state index in [2.05, 4.69) is 10.6 Å². The summed E-state index contributed by atoms with van der Waals surface area (Å²) in [6, 6.07) is 16.7. The zero-order valence-electron chi connectivity index (χ0n) is 15.3. The van der Waals surface area contributed by atoms with Crippen LogP contribution in [0.5, 0.6) is 5.75 Å². The van der Waals surface area contributed by atoms with Crippen LogP contribution in [0.25, 0.3) is 11.1 Å². The average Bonchev–Trinajstić information content (AvgIpc) is 3.05. The molecular weight excluding hydrogens is 360 g/mol. The van der Waals surface area contributed by atoms with Gasteiger partial charge in [-0.3, -0.25) is 9.59 Å². The molecule has 0 saturated heterocycles. The number of carbonyl (C=O) groups is 2. The zero-order valence-corrected chi connectivity index (χ0v) is 16.1. The van der Waals surface area contributed by atoms with Crippen molar-refractivity contribution < 1.29 is 14.3 Å². The first-order valence-electron chi connectivity index (χ1n) is 8.40. The molecule has 138 valence electrons. The largest absolute Gasteiger partial charge is 0.497 e. The van der Waals surface area contributed by atoms with Crippen molar-refractivity contribution in [2.45, 2.75) is 13.8 Å². The van der Waals surface area contributed by atoms with Crippen LogP contribution in [0.1, 0.15) is 21.5 Å². The van der Waals surface area contributed by atoms with E-state index in [4.69, 9.17) is 4.74 Å². The number of carbonyl (C=O) groups excluding carboxylic acids is 2. The van der Waals surface area contributed by atoms with E-state index in [1.165, 1.54) is 18.3 Å². The van der Waals surface area contributed by atoms with Crippen LogP contribution in [0.4, 0.5) is 11.4 Å². The van der Waals surface area contributed by atoms with Crippen LogP contribution in [0.2, 0.25) is 0 Å². The minimum Gasteiger partial charge on any atom is -0.497 e. The summed E-state index contributed by atoms with van der Waals surface area (Å²) in [5.41, 5.74) is 3.44. The third-order valence-electron chi connectivity index (χ3n) is 4.01. The van der Waals surface area contributed by atoms with Gasteiger partial charge in [-0.1, -0.05) is 12.1 Å². The second-order valence-corrected chi connectivity index (χ2v) is 7.28. The molecule has 5 nitrogen and oxygen atoms in total. The Morgan fingerprint density at radius 1 is 0.926 bits per heavy atom. The van der Waals surface area contributed by atoms with Gasteiger partial charge >= 0.3 is 0 Å². The minimum absolute atomic E-state index is 0.132. The number of benzene rings is 2. The molecule has 1 heterocycles. The Bertz CT molecular complexity index is 960. The second-order valence-electron chi connectivity index (χ2n) is 6.02. The molecule has 0 unspecified atom stereocenters. The number of hydrogen-bond acceptors (Lipinski definition) is 4. The number of amides is 2. The Labute approximate surface area is 162 Å². The molecule has 6 heteroatoms. The van der Waals surface area contributed by atoms with Crippen molar-refractivity contribution in [1.29, 1.82) is 0 Å². The van der Waals surface area contributed by atoms with Gasteiger partial charge in [0.1, 0.15) is 5.75 Å². The molecule has 2 amide bonds. The van der Waals surface area contributed by atoms with Gasteiger partial charge < -0.3 is 15.4 Å². The maximum Gasteiger partial charge on any atom is 0.265 e. The highest BCUT2D eigenvalue weighted by molar-refractivity contribution is 7.14. The Hall–Kier alpha value is -3.12. The highest BCUT2D eigenvalue weighted by Gasteiger charge is 2.14. The quantitative estimate of drug-likeness (QED) is 0.659. The van der Waals surface area contributed by atoms with E-state index in [1.54, 1.807) is 31.4 Å². The van der Waals surface area contributed by atoms with E-state index in [9.17, 15) is 9.59 Å². The summed E-state index contributed by atoms with van der Waals surface area (Å²) in [6.45, 7) is 3.46. The summed E-state index contributed by atoms with van der Waals surface area (Å²) >= 11 is 1.46. The lowest BCUT2D eigenvalue weighted by Crippen LogP contribution is -2.10. The first-order valence-corrected chi connectivity index (χ1v) is 9.22. The number of thiophene rings is 1. The van der Waals surface area contributed by atoms with Crippen LogP contribution in [0.3, 0.4) is 0 Å². The average molecular weight is 380 g/mol. The molecule has 0 radical (unpaired) electrons. The summed E-state index contributed by atoms with van der Waals surface area (Å²) in [5.74, 6) is 0.509. The normalized spacial score (nSPS) is 10.3. The number of rotatable bonds is 5. The molecule has 2 N–H and O–H groups in total. The molecule has 0 atom stereocenters. The lowest BCUT2D eigenvalue weighted by Gasteiger charge is -2.06. The molecule has 0 saturated carbocycles. The fourth-order valence-corrected chi connectivity index (χ4v) is 3.62. The molecule has 0 aliphatic rings. The van der Waals surface area contributed by atoms with E-state index >= 15 is 0 Å². The zero-order chi connectivity index (χ0) is 19.4. The van der Waals surface area contributed by atoms with Gasteiger partial charge in [0, 0.05) is 23.2 Å². The third kappa shape index (κ3) is 4.54. The summed E-state index contributed by atoms with van der Waals surface area (Å²) in [6.07, 6.45) is 0. The summed E-state index contributed by atoms with van der Waals surface area (Å²) in [4.78, 5) is 25.4. The van der Waals surface area contributed by atoms with Crippen molar-refractivity contribution in [2.75, 3.05) is 17.7 Å². The van der Waals surface area contributed by atoms with Gasteiger partial charge in [-0.05, 0) is 60.5 Å². The van der Waals surface area contributed by atoms with Crippen molar-refractivity contribution >= 4 is 34.5 Å². The first kappa shape index (κ1) is 18.7. The molecule has 27 heavy (non-hydrogen) atoms. The minimum atomic E-state index is -0.157. The van der Waals surface area contributed by atoms with E-state index < -0.39 is 0 Å². The van der Waals surface area contributed by atoms with E-state index in [0.29, 0.717) is 16.3 Å². The predicted molar refractivity (Wildman–Crippen MR) is 110 cm³/mol. The fourth-order valence-electron chi connectivity index (χ4n) is 2.68. The lowest BCUT2D eigenvalue weighted by atomic mass is 10.1. The van der Waals surface area contributed by atoms with Crippen molar-refractivity contribution in [3.63, 3.8) is 0 Å². The van der Waals surface area contributed by atoms with Crippen LogP contribution in [-0.4, -0.2) is 18.9 Å². The topological polar surface area (TPSA) is 67.4 Å². The van der Waals surface area contributed by atoms with Crippen LogP contribution in [-0.2, 0) is 4.79 Å². The smallest absolute Gasteiger partial charge is 0.265 e. The number of aryl methyl sites for hydroxylation is 1. The number of anilines is 2. The fraction of sp³-hybridized carbons (Fsp3) is 0.143. The van der Waals surface area contributed by atoms with Crippen LogP contribution < -0.4 is 15.4 Å². The van der Waals surface area contributed by atoms with E-state index in [0.717, 1.165) is 21.8 Å². The molecule has 3 rings (SSSR count). The molecule has 0 aliphatic carbocycles. The lowest BCUT2D eigenvalue weighted by molar-refractivity contribution is -0.114. The number of hydrogen-bond donors (Lipinski definition) is 2. The highest BCUT2D eigenvalue weighted by Crippen LogP contribution is 2.32. The van der Waals surface area contributed by atoms with Gasteiger partial charge in [0.25, 0.3) is 5.91 Å². The molecular formula is C21H20N2O3S. The first-order chi connectivity index (χ1) is 13.0. The Morgan fingerprint density at radius 3 is 2.07 bits per heavy atom. The standard InChI is InChI=1S/C21H20N2O3S/c1-13-19(15-4-10-18(26-3)11-5-15)12-20(27-13)21(25)23-17-8-6-16(7-9-17)22-14(2)24/h4-12H,1-3H3,(H,22,24)(H,23,25). The third-order valence-corrected chi connectivity index (χ3v) is 5.05. The maximum absolute atomic E-state index is 12.6. The molecule has 2 aromatic carbocycles. The molecule has 3 aromatic rings. The van der Waals surface area contributed by atoms with Crippen LogP contribution in [0.15, 0.2) is 54.6 Å². The van der Waals surface area contributed by atoms with Gasteiger partial charge in [-0.25, -0.2) is 0 Å². The number of methoxy groups -OCH3 is 1. The Balaban J connectivity index is 1.74. The SMILES string of the molecule is COc1ccc(-c2cc(C(=O)Nc3ccc(NC(C)=O)cc3)sc2C)cc1. The Kier molecular flexibility index (Phi) is 5.57. The van der Waals surface area contributed by atoms with Crippen molar-refractivity contribution in [2.24, 2.45) is 0 Å². The van der Waals surface area contributed by atoms with Crippen molar-refractivity contribution in [3.05, 3.63) is 64.4 Å². The number of nitrogens with one attached hydrogen (secondary N) is 2. The van der Waals surface area contributed by atoms with Gasteiger partial charge in [0.15, 0.2) is 0 Å². The van der Waals surface area contributed by atoms with Crippen molar-refractivity contribution in [1.82, 2.24) is 0 Å². The molecule has 0 aliphatic heterocycles.